The van der Waals surface area contributed by atoms with Gasteiger partial charge in [0.15, 0.2) is 0 Å². The summed E-state index contributed by atoms with van der Waals surface area (Å²) in [6, 6.07) is 15.8. The maximum atomic E-state index is 9.94. The van der Waals surface area contributed by atoms with E-state index in [4.69, 9.17) is 4.74 Å². The van der Waals surface area contributed by atoms with Gasteiger partial charge in [-0.25, -0.2) is 0 Å². The number of anilines is 1. The monoisotopic (exact) mass is 271 g/mol. The summed E-state index contributed by atoms with van der Waals surface area (Å²) < 4.78 is 5.52. The normalized spacial score (nSPS) is 11.9. The van der Waals surface area contributed by atoms with Crippen LogP contribution in [0.25, 0.3) is 0 Å². The Morgan fingerprint density at radius 2 is 1.85 bits per heavy atom. The van der Waals surface area contributed by atoms with Gasteiger partial charge >= 0.3 is 0 Å². The van der Waals surface area contributed by atoms with Crippen LogP contribution in [0.4, 0.5) is 5.69 Å². The van der Waals surface area contributed by atoms with Crippen LogP contribution in [0.3, 0.4) is 0 Å². The van der Waals surface area contributed by atoms with Crippen molar-refractivity contribution in [3.63, 3.8) is 0 Å². The van der Waals surface area contributed by atoms with Crippen LogP contribution in [0.2, 0.25) is 0 Å². The second kappa shape index (κ2) is 6.96. The summed E-state index contributed by atoms with van der Waals surface area (Å²) in [7, 11) is 0. The van der Waals surface area contributed by atoms with Crippen molar-refractivity contribution in [1.82, 2.24) is 0 Å². The van der Waals surface area contributed by atoms with Crippen LogP contribution < -0.4 is 10.1 Å². The van der Waals surface area contributed by atoms with Crippen molar-refractivity contribution in [3.8, 4) is 5.75 Å². The Bertz CT molecular complexity index is 540. The summed E-state index contributed by atoms with van der Waals surface area (Å²) in [6.45, 7) is 4.85. The summed E-state index contributed by atoms with van der Waals surface area (Å²) in [6.07, 6.45) is -0.546. The van der Waals surface area contributed by atoms with Crippen LogP contribution in [-0.4, -0.2) is 24.4 Å². The van der Waals surface area contributed by atoms with E-state index in [0.717, 1.165) is 11.4 Å². The van der Waals surface area contributed by atoms with E-state index >= 15 is 0 Å². The van der Waals surface area contributed by atoms with Crippen molar-refractivity contribution in [2.45, 2.75) is 20.0 Å². The molecule has 0 fully saturated rings. The van der Waals surface area contributed by atoms with Gasteiger partial charge in [-0.2, -0.15) is 0 Å². The van der Waals surface area contributed by atoms with Gasteiger partial charge in [-0.15, -0.1) is 0 Å². The number of rotatable bonds is 6. The summed E-state index contributed by atoms with van der Waals surface area (Å²) in [4.78, 5) is 0. The smallest absolute Gasteiger partial charge is 0.119 e. The van der Waals surface area contributed by atoms with Crippen molar-refractivity contribution >= 4 is 5.69 Å². The van der Waals surface area contributed by atoms with Gasteiger partial charge in [-0.3, -0.25) is 0 Å². The average Bonchev–Trinajstić information content (AvgIpc) is 2.47. The van der Waals surface area contributed by atoms with E-state index in [0.29, 0.717) is 6.54 Å². The number of hydrogen-bond acceptors (Lipinski definition) is 3. The fourth-order valence-corrected chi connectivity index (χ4v) is 1.92. The van der Waals surface area contributed by atoms with Crippen molar-refractivity contribution < 1.29 is 9.84 Å². The molecule has 106 valence electrons. The second-order valence-corrected chi connectivity index (χ2v) is 4.98. The third-order valence-corrected chi connectivity index (χ3v) is 3.11. The first-order valence-corrected chi connectivity index (χ1v) is 6.82. The van der Waals surface area contributed by atoms with E-state index in [2.05, 4.69) is 37.4 Å². The van der Waals surface area contributed by atoms with Crippen molar-refractivity contribution in [2.24, 2.45) is 0 Å². The molecule has 0 bridgehead atoms. The molecule has 2 N–H and O–H groups in total. The van der Waals surface area contributed by atoms with Crippen LogP contribution in [0.15, 0.2) is 48.5 Å². The zero-order valence-electron chi connectivity index (χ0n) is 12.0. The molecule has 0 spiro atoms. The van der Waals surface area contributed by atoms with Crippen LogP contribution in [-0.2, 0) is 0 Å². The SMILES string of the molecule is Cc1ccc(C)c(NCC(O)COc2ccccc2)c1. The summed E-state index contributed by atoms with van der Waals surface area (Å²) in [5.74, 6) is 0.776. The fourth-order valence-electron chi connectivity index (χ4n) is 1.92. The summed E-state index contributed by atoms with van der Waals surface area (Å²) in [5, 5.41) is 13.2. The second-order valence-electron chi connectivity index (χ2n) is 4.98. The molecule has 0 saturated heterocycles. The highest BCUT2D eigenvalue weighted by Crippen LogP contribution is 2.16. The number of aliphatic hydroxyl groups is 1. The Kier molecular flexibility index (Phi) is 5.02. The lowest BCUT2D eigenvalue weighted by Gasteiger charge is -2.15. The van der Waals surface area contributed by atoms with Gasteiger partial charge in [0.05, 0.1) is 0 Å². The summed E-state index contributed by atoms with van der Waals surface area (Å²) in [5.41, 5.74) is 3.43. The van der Waals surface area contributed by atoms with Crippen LogP contribution in [0, 0.1) is 13.8 Å². The van der Waals surface area contributed by atoms with E-state index < -0.39 is 6.10 Å². The first-order valence-electron chi connectivity index (χ1n) is 6.82. The van der Waals surface area contributed by atoms with Gasteiger partial charge < -0.3 is 15.2 Å². The topological polar surface area (TPSA) is 41.5 Å². The maximum Gasteiger partial charge on any atom is 0.119 e. The molecule has 0 radical (unpaired) electrons. The van der Waals surface area contributed by atoms with Crippen molar-refractivity contribution in [3.05, 3.63) is 59.7 Å². The van der Waals surface area contributed by atoms with E-state index in [1.54, 1.807) is 0 Å². The highest BCUT2D eigenvalue weighted by molar-refractivity contribution is 5.52. The third-order valence-electron chi connectivity index (χ3n) is 3.11. The Labute approximate surface area is 120 Å². The Balaban J connectivity index is 1.80. The highest BCUT2D eigenvalue weighted by atomic mass is 16.5. The molecule has 3 heteroatoms. The molecule has 0 aliphatic carbocycles. The van der Waals surface area contributed by atoms with E-state index in [-0.39, 0.29) is 6.61 Å². The van der Waals surface area contributed by atoms with Gasteiger partial charge in [0, 0.05) is 12.2 Å². The lowest BCUT2D eigenvalue weighted by molar-refractivity contribution is 0.117. The minimum atomic E-state index is -0.546. The minimum Gasteiger partial charge on any atom is -0.491 e. The number of aliphatic hydroxyl groups excluding tert-OH is 1. The molecule has 2 rings (SSSR count). The first kappa shape index (κ1) is 14.4. The zero-order valence-corrected chi connectivity index (χ0v) is 12.0. The molecule has 0 amide bonds. The predicted octanol–water partition coefficient (Wildman–Crippen LogP) is 3.16. The van der Waals surface area contributed by atoms with E-state index in [9.17, 15) is 5.11 Å². The molecule has 0 aliphatic heterocycles. The molecule has 2 aromatic rings. The first-order chi connectivity index (χ1) is 9.65. The quantitative estimate of drug-likeness (QED) is 0.848. The lowest BCUT2D eigenvalue weighted by Crippen LogP contribution is -2.26. The molecular formula is C17H21NO2. The maximum absolute atomic E-state index is 9.94. The van der Waals surface area contributed by atoms with Crippen molar-refractivity contribution in [2.75, 3.05) is 18.5 Å². The highest BCUT2D eigenvalue weighted by Gasteiger charge is 2.06. The number of benzene rings is 2. The average molecular weight is 271 g/mol. The van der Waals surface area contributed by atoms with Crippen molar-refractivity contribution in [1.29, 1.82) is 0 Å². The zero-order chi connectivity index (χ0) is 14.4. The Hall–Kier alpha value is -2.00. The van der Waals surface area contributed by atoms with Crippen LogP contribution in [0.1, 0.15) is 11.1 Å². The number of para-hydroxylation sites is 1. The predicted molar refractivity (Wildman–Crippen MR) is 82.3 cm³/mol. The molecule has 20 heavy (non-hydrogen) atoms. The molecular weight excluding hydrogens is 250 g/mol. The van der Waals surface area contributed by atoms with Gasteiger partial charge in [-0.05, 0) is 43.2 Å². The lowest BCUT2D eigenvalue weighted by atomic mass is 10.1. The molecule has 0 aromatic heterocycles. The molecule has 3 nitrogen and oxygen atoms in total. The van der Waals surface area contributed by atoms with E-state index in [1.165, 1.54) is 11.1 Å². The third kappa shape index (κ3) is 4.28. The number of ether oxygens (including phenoxy) is 1. The number of hydrogen-bond donors (Lipinski definition) is 2. The number of aryl methyl sites for hydroxylation is 2. The fraction of sp³-hybridized carbons (Fsp3) is 0.294. The molecule has 1 unspecified atom stereocenters. The molecule has 0 heterocycles. The number of nitrogens with one attached hydrogen (secondary N) is 1. The molecule has 1 atom stereocenters. The molecule has 0 saturated carbocycles. The van der Waals surface area contributed by atoms with Gasteiger partial charge in [0.1, 0.15) is 18.5 Å². The van der Waals surface area contributed by atoms with Crippen LogP contribution >= 0.6 is 0 Å². The van der Waals surface area contributed by atoms with E-state index in [1.807, 2.05) is 30.3 Å². The largest absolute Gasteiger partial charge is 0.491 e. The Morgan fingerprint density at radius 3 is 2.60 bits per heavy atom. The standard InChI is InChI=1S/C17H21NO2/c1-13-8-9-14(2)17(10-13)18-11-15(19)12-20-16-6-4-3-5-7-16/h3-10,15,18-19H,11-12H2,1-2H3. The minimum absolute atomic E-state index is 0.280. The Morgan fingerprint density at radius 1 is 1.10 bits per heavy atom. The molecule has 0 aliphatic rings. The summed E-state index contributed by atoms with van der Waals surface area (Å²) >= 11 is 0. The van der Waals surface area contributed by atoms with Crippen LogP contribution in [0.5, 0.6) is 5.75 Å². The van der Waals surface area contributed by atoms with Gasteiger partial charge in [-0.1, -0.05) is 30.3 Å². The van der Waals surface area contributed by atoms with Gasteiger partial charge in [0.2, 0.25) is 0 Å². The van der Waals surface area contributed by atoms with Gasteiger partial charge in [0.25, 0.3) is 0 Å². The molecule has 2 aromatic carbocycles.